The molecule has 0 spiro atoms. The third kappa shape index (κ3) is 3.28. The van der Waals surface area contributed by atoms with E-state index >= 15 is 0 Å². The fourth-order valence-corrected chi connectivity index (χ4v) is 4.12. The van der Waals surface area contributed by atoms with Crippen LogP contribution < -0.4 is 4.90 Å². The monoisotopic (exact) mass is 393 g/mol. The lowest BCUT2D eigenvalue weighted by molar-refractivity contribution is -0.658. The summed E-state index contributed by atoms with van der Waals surface area (Å²) >= 11 is 0. The zero-order chi connectivity index (χ0) is 19.9. The van der Waals surface area contributed by atoms with E-state index in [4.69, 9.17) is 0 Å². The van der Waals surface area contributed by atoms with Gasteiger partial charge >= 0.3 is 6.18 Å². The molecule has 2 aromatic carbocycles. The zero-order valence-electron chi connectivity index (χ0n) is 15.2. The van der Waals surface area contributed by atoms with Gasteiger partial charge < -0.3 is 5.11 Å². The minimum absolute atomic E-state index is 0.0925. The van der Waals surface area contributed by atoms with Crippen molar-refractivity contribution in [3.63, 3.8) is 0 Å². The second-order valence-corrected chi connectivity index (χ2v) is 7.34. The Morgan fingerprint density at radius 3 is 2.46 bits per heavy atom. The Labute approximate surface area is 160 Å². The first-order valence-electron chi connectivity index (χ1n) is 9.36. The first kappa shape index (κ1) is 18.9. The third-order valence-electron chi connectivity index (χ3n) is 5.52. The van der Waals surface area contributed by atoms with Crippen LogP contribution in [-0.2, 0) is 11.9 Å². The largest absolute Gasteiger partial charge is 0.416 e. The van der Waals surface area contributed by atoms with Crippen LogP contribution in [0.5, 0.6) is 0 Å². The van der Waals surface area contributed by atoms with Crippen molar-refractivity contribution in [1.29, 1.82) is 0 Å². The molecule has 2 aliphatic heterocycles. The predicted molar refractivity (Wildman–Crippen MR) is 97.7 cm³/mol. The molecule has 0 radical (unpaired) electrons. The number of halogens is 4. The van der Waals surface area contributed by atoms with Crippen LogP contribution in [0.1, 0.15) is 36.8 Å². The van der Waals surface area contributed by atoms with Crippen molar-refractivity contribution in [2.45, 2.75) is 37.6 Å². The quantitative estimate of drug-likeness (QED) is 0.601. The Kier molecular flexibility index (Phi) is 4.65. The highest BCUT2D eigenvalue weighted by Crippen LogP contribution is 2.37. The van der Waals surface area contributed by atoms with Gasteiger partial charge in [-0.2, -0.15) is 13.2 Å². The molecule has 0 bridgehead atoms. The molecule has 1 N–H and O–H groups in total. The number of nitrogens with zero attached hydrogens (tertiary/aromatic N) is 2. The number of rotatable bonds is 2. The van der Waals surface area contributed by atoms with Crippen molar-refractivity contribution in [1.82, 2.24) is 0 Å². The summed E-state index contributed by atoms with van der Waals surface area (Å²) in [6.07, 6.45) is -1.00. The van der Waals surface area contributed by atoms with Gasteiger partial charge in [0.2, 0.25) is 0 Å². The Bertz CT molecular complexity index is 907. The van der Waals surface area contributed by atoms with Crippen LogP contribution in [0.2, 0.25) is 0 Å². The minimum Gasteiger partial charge on any atom is -0.346 e. The van der Waals surface area contributed by atoms with Gasteiger partial charge in [-0.25, -0.2) is 13.9 Å². The smallest absolute Gasteiger partial charge is 0.346 e. The molecule has 2 heterocycles. The summed E-state index contributed by atoms with van der Waals surface area (Å²) in [4.78, 5) is 1.77. The standard InChI is InChI=1S/C21H21F4N2O/c22-17-10-8-15(9-11-17)20(28)14-26(19-7-2-1-3-12-27(19)20)18-6-4-5-16(13-18)21(23,24)25/h4-6,8-11,13,28H,1-3,7,12,14H2/q+1/t20-/m0/s1. The molecule has 0 fully saturated rings. The summed E-state index contributed by atoms with van der Waals surface area (Å²) in [6, 6.07) is 10.8. The maximum absolute atomic E-state index is 13.4. The van der Waals surface area contributed by atoms with Crippen LogP contribution in [0.15, 0.2) is 48.5 Å². The summed E-state index contributed by atoms with van der Waals surface area (Å²) in [5, 5.41) is 11.6. The molecule has 0 unspecified atom stereocenters. The van der Waals surface area contributed by atoms with Gasteiger partial charge in [-0.05, 0) is 61.7 Å². The van der Waals surface area contributed by atoms with E-state index in [-0.39, 0.29) is 6.54 Å². The summed E-state index contributed by atoms with van der Waals surface area (Å²) in [7, 11) is 0. The lowest BCUT2D eigenvalue weighted by atomic mass is 10.0. The molecule has 2 aromatic rings. The number of aliphatic hydroxyl groups is 1. The molecule has 3 nitrogen and oxygen atoms in total. The van der Waals surface area contributed by atoms with E-state index < -0.39 is 23.3 Å². The van der Waals surface area contributed by atoms with Crippen molar-refractivity contribution in [3.8, 4) is 0 Å². The van der Waals surface area contributed by atoms with Crippen LogP contribution in [0.3, 0.4) is 0 Å². The van der Waals surface area contributed by atoms with Crippen molar-refractivity contribution in [2.24, 2.45) is 0 Å². The van der Waals surface area contributed by atoms with Crippen LogP contribution in [0.25, 0.3) is 0 Å². The van der Waals surface area contributed by atoms with E-state index in [2.05, 4.69) is 0 Å². The highest BCUT2D eigenvalue weighted by atomic mass is 19.4. The van der Waals surface area contributed by atoms with Crippen LogP contribution in [-0.4, -0.2) is 28.6 Å². The molecule has 0 aliphatic carbocycles. The van der Waals surface area contributed by atoms with E-state index in [0.717, 1.165) is 37.2 Å². The molecule has 1 atom stereocenters. The van der Waals surface area contributed by atoms with Gasteiger partial charge in [0.1, 0.15) is 11.5 Å². The van der Waals surface area contributed by atoms with Gasteiger partial charge in [0.25, 0.3) is 11.6 Å². The Morgan fingerprint density at radius 1 is 1.00 bits per heavy atom. The first-order valence-corrected chi connectivity index (χ1v) is 9.36. The summed E-state index contributed by atoms with van der Waals surface area (Å²) in [6.45, 7) is 0.688. The number of amidine groups is 1. The number of β-amino-alcohol motifs (C(OH)–C–C–N with tert-alkyl or cyclic N) is 1. The molecule has 7 heteroatoms. The summed E-state index contributed by atoms with van der Waals surface area (Å²) < 4.78 is 54.8. The summed E-state index contributed by atoms with van der Waals surface area (Å²) in [5.74, 6) is 0.406. The molecule has 2 aliphatic rings. The van der Waals surface area contributed by atoms with E-state index in [1.54, 1.807) is 11.0 Å². The van der Waals surface area contributed by atoms with Crippen LogP contribution in [0.4, 0.5) is 23.2 Å². The first-order chi connectivity index (χ1) is 13.3. The maximum atomic E-state index is 13.4. The average molecular weight is 393 g/mol. The number of hydrogen-bond donors (Lipinski definition) is 1. The van der Waals surface area contributed by atoms with Crippen LogP contribution >= 0.6 is 0 Å². The highest BCUT2D eigenvalue weighted by molar-refractivity contribution is 5.96. The molecule has 28 heavy (non-hydrogen) atoms. The topological polar surface area (TPSA) is 26.5 Å². The zero-order valence-corrected chi connectivity index (χ0v) is 15.2. The molecule has 0 aromatic heterocycles. The average Bonchev–Trinajstić information content (AvgIpc) is 2.82. The molecular formula is C21H21F4N2O+. The lowest BCUT2D eigenvalue weighted by Crippen LogP contribution is -2.41. The van der Waals surface area contributed by atoms with E-state index in [9.17, 15) is 22.7 Å². The van der Waals surface area contributed by atoms with Gasteiger partial charge in [0.05, 0.1) is 12.1 Å². The Morgan fingerprint density at radius 2 is 1.75 bits per heavy atom. The molecule has 0 amide bonds. The fraction of sp³-hybridized carbons (Fsp3) is 0.381. The predicted octanol–water partition coefficient (Wildman–Crippen LogP) is 4.49. The number of alkyl halides is 3. The maximum Gasteiger partial charge on any atom is 0.416 e. The molecule has 0 saturated carbocycles. The van der Waals surface area contributed by atoms with Crippen molar-refractivity contribution in [3.05, 3.63) is 65.5 Å². The molecular weight excluding hydrogens is 372 g/mol. The lowest BCUT2D eigenvalue weighted by Gasteiger charge is -2.23. The Balaban J connectivity index is 1.80. The number of benzene rings is 2. The van der Waals surface area contributed by atoms with Gasteiger partial charge in [0, 0.05) is 12.0 Å². The van der Waals surface area contributed by atoms with Crippen molar-refractivity contribution in [2.75, 3.05) is 18.0 Å². The molecule has 0 saturated heterocycles. The second kappa shape index (κ2) is 6.88. The molecule has 4 rings (SSSR count). The number of hydrogen-bond acceptors (Lipinski definition) is 2. The van der Waals surface area contributed by atoms with Gasteiger partial charge in [-0.3, -0.25) is 0 Å². The van der Waals surface area contributed by atoms with Gasteiger partial charge in [-0.15, -0.1) is 0 Å². The van der Waals surface area contributed by atoms with E-state index in [1.807, 2.05) is 4.58 Å². The Hall–Kier alpha value is -2.41. The van der Waals surface area contributed by atoms with Gasteiger partial charge in [0.15, 0.2) is 6.54 Å². The SMILES string of the molecule is O[C@]1(c2ccc(F)cc2)CN(c2cccc(C(F)(F)F)c2)C2=[N+]1CCCCC2. The number of anilines is 1. The van der Waals surface area contributed by atoms with Crippen molar-refractivity contribution < 1.29 is 27.2 Å². The second-order valence-electron chi connectivity index (χ2n) is 7.34. The third-order valence-corrected chi connectivity index (χ3v) is 5.52. The van der Waals surface area contributed by atoms with Gasteiger partial charge in [-0.1, -0.05) is 6.07 Å². The van der Waals surface area contributed by atoms with E-state index in [0.29, 0.717) is 24.2 Å². The minimum atomic E-state index is -4.43. The van der Waals surface area contributed by atoms with E-state index in [1.165, 1.54) is 30.3 Å². The normalized spacial score (nSPS) is 23.0. The van der Waals surface area contributed by atoms with Crippen LogP contribution in [0, 0.1) is 5.82 Å². The summed E-state index contributed by atoms with van der Waals surface area (Å²) in [5.41, 5.74) is -1.21. The fourth-order valence-electron chi connectivity index (χ4n) is 4.12. The molecule has 148 valence electrons. The van der Waals surface area contributed by atoms with Crippen molar-refractivity contribution >= 4 is 11.5 Å². The highest BCUT2D eigenvalue weighted by Gasteiger charge is 2.52.